The van der Waals surface area contributed by atoms with Gasteiger partial charge in [-0.15, -0.1) is 0 Å². The van der Waals surface area contributed by atoms with Crippen molar-refractivity contribution in [3.8, 4) is 0 Å². The van der Waals surface area contributed by atoms with Gasteiger partial charge < -0.3 is 15.3 Å². The van der Waals surface area contributed by atoms with Gasteiger partial charge in [-0.25, -0.2) is 4.79 Å². The monoisotopic (exact) mass is 318 g/mol. The molecule has 0 spiro atoms. The number of likely N-dealkylation sites (tertiary alicyclic amines) is 1. The molecule has 0 aliphatic carbocycles. The van der Waals surface area contributed by atoms with Crippen LogP contribution in [0.25, 0.3) is 0 Å². The van der Waals surface area contributed by atoms with Gasteiger partial charge in [-0.3, -0.25) is 9.59 Å². The number of carboxylic acids is 1. The number of nitrogens with one attached hydrogen (secondary N) is 1. The highest BCUT2D eigenvalue weighted by atomic mass is 16.4. The standard InChI is InChI=1S/C17H22N2O4/c1-2-14(17(22)23)18-15(20)13-9-6-10-19(11-13)16(21)12-7-4-3-5-8-12/h3-5,7-8,13-14H,2,6,9-11H2,1H3,(H,18,20)(H,22,23). The van der Waals surface area contributed by atoms with Crippen LogP contribution in [0.15, 0.2) is 30.3 Å². The summed E-state index contributed by atoms with van der Waals surface area (Å²) >= 11 is 0. The smallest absolute Gasteiger partial charge is 0.326 e. The van der Waals surface area contributed by atoms with Crippen molar-refractivity contribution in [2.75, 3.05) is 13.1 Å². The van der Waals surface area contributed by atoms with E-state index >= 15 is 0 Å². The van der Waals surface area contributed by atoms with E-state index in [0.29, 0.717) is 31.5 Å². The largest absolute Gasteiger partial charge is 0.480 e. The second-order valence-corrected chi connectivity index (χ2v) is 5.76. The summed E-state index contributed by atoms with van der Waals surface area (Å²) in [6.07, 6.45) is 1.74. The number of amides is 2. The van der Waals surface area contributed by atoms with Crippen LogP contribution in [0.2, 0.25) is 0 Å². The molecule has 0 radical (unpaired) electrons. The molecule has 6 heteroatoms. The molecule has 1 fully saturated rings. The molecule has 1 aromatic carbocycles. The van der Waals surface area contributed by atoms with Crippen LogP contribution in [0.1, 0.15) is 36.5 Å². The Bertz CT molecular complexity index is 573. The molecule has 6 nitrogen and oxygen atoms in total. The molecule has 0 aromatic heterocycles. The first-order chi connectivity index (χ1) is 11.0. The van der Waals surface area contributed by atoms with Crippen LogP contribution in [0.3, 0.4) is 0 Å². The van der Waals surface area contributed by atoms with Crippen molar-refractivity contribution in [1.82, 2.24) is 10.2 Å². The maximum atomic E-state index is 12.5. The summed E-state index contributed by atoms with van der Waals surface area (Å²) in [5.74, 6) is -1.77. The summed E-state index contributed by atoms with van der Waals surface area (Å²) in [7, 11) is 0. The molecular weight excluding hydrogens is 296 g/mol. The van der Waals surface area contributed by atoms with Crippen molar-refractivity contribution in [2.45, 2.75) is 32.2 Å². The third-order valence-electron chi connectivity index (χ3n) is 4.12. The molecule has 2 N–H and O–H groups in total. The summed E-state index contributed by atoms with van der Waals surface area (Å²) in [6, 6.07) is 8.09. The summed E-state index contributed by atoms with van der Waals surface area (Å²) in [4.78, 5) is 37.4. The average molecular weight is 318 g/mol. The van der Waals surface area contributed by atoms with Crippen molar-refractivity contribution in [1.29, 1.82) is 0 Å². The zero-order chi connectivity index (χ0) is 16.8. The van der Waals surface area contributed by atoms with Crippen LogP contribution in [-0.2, 0) is 9.59 Å². The Morgan fingerprint density at radius 2 is 2.00 bits per heavy atom. The SMILES string of the molecule is CCC(NC(=O)C1CCCN(C(=O)c2ccccc2)C1)C(=O)O. The Labute approximate surface area is 135 Å². The fourth-order valence-corrected chi connectivity index (χ4v) is 2.77. The van der Waals surface area contributed by atoms with E-state index in [4.69, 9.17) is 5.11 Å². The van der Waals surface area contributed by atoms with Gasteiger partial charge in [0.15, 0.2) is 0 Å². The van der Waals surface area contributed by atoms with Crippen molar-refractivity contribution in [2.24, 2.45) is 5.92 Å². The average Bonchev–Trinajstić information content (AvgIpc) is 2.59. The van der Waals surface area contributed by atoms with Gasteiger partial charge in [0.1, 0.15) is 6.04 Å². The molecule has 0 saturated carbocycles. The lowest BCUT2D eigenvalue weighted by Gasteiger charge is -2.32. The normalized spacial score (nSPS) is 19.0. The van der Waals surface area contributed by atoms with Crippen LogP contribution >= 0.6 is 0 Å². The Morgan fingerprint density at radius 1 is 1.30 bits per heavy atom. The number of piperidine rings is 1. The highest BCUT2D eigenvalue weighted by Crippen LogP contribution is 2.19. The second kappa shape index (κ2) is 7.76. The molecule has 1 heterocycles. The number of carbonyl (C=O) groups is 3. The minimum Gasteiger partial charge on any atom is -0.480 e. The number of rotatable bonds is 5. The first kappa shape index (κ1) is 17.0. The summed E-state index contributed by atoms with van der Waals surface area (Å²) in [6.45, 7) is 2.66. The highest BCUT2D eigenvalue weighted by Gasteiger charge is 2.30. The maximum Gasteiger partial charge on any atom is 0.326 e. The molecule has 23 heavy (non-hydrogen) atoms. The van der Waals surface area contributed by atoms with Gasteiger partial charge in [-0.2, -0.15) is 0 Å². The first-order valence-corrected chi connectivity index (χ1v) is 7.90. The lowest BCUT2D eigenvalue weighted by atomic mass is 9.96. The zero-order valence-corrected chi connectivity index (χ0v) is 13.2. The molecule has 1 aliphatic heterocycles. The number of hydrogen-bond donors (Lipinski definition) is 2. The van der Waals surface area contributed by atoms with Crippen LogP contribution in [-0.4, -0.2) is 46.9 Å². The molecule has 1 saturated heterocycles. The third-order valence-corrected chi connectivity index (χ3v) is 4.12. The number of carboxylic acid groups (broad SMARTS) is 1. The number of nitrogens with zero attached hydrogens (tertiary/aromatic N) is 1. The molecule has 1 aromatic rings. The van der Waals surface area contributed by atoms with E-state index in [1.54, 1.807) is 36.1 Å². The van der Waals surface area contributed by atoms with E-state index in [9.17, 15) is 14.4 Å². The van der Waals surface area contributed by atoms with E-state index in [1.807, 2.05) is 6.07 Å². The van der Waals surface area contributed by atoms with Gasteiger partial charge in [0.05, 0.1) is 5.92 Å². The molecule has 2 amide bonds. The molecule has 1 aliphatic rings. The molecule has 2 unspecified atom stereocenters. The van der Waals surface area contributed by atoms with Gasteiger partial charge in [0.25, 0.3) is 5.91 Å². The lowest BCUT2D eigenvalue weighted by molar-refractivity contribution is -0.142. The van der Waals surface area contributed by atoms with Crippen molar-refractivity contribution in [3.63, 3.8) is 0 Å². The third kappa shape index (κ3) is 4.31. The molecule has 124 valence electrons. The van der Waals surface area contributed by atoms with E-state index in [-0.39, 0.29) is 17.7 Å². The lowest BCUT2D eigenvalue weighted by Crippen LogP contribution is -2.49. The Hall–Kier alpha value is -2.37. The number of carbonyl (C=O) groups excluding carboxylic acids is 2. The first-order valence-electron chi connectivity index (χ1n) is 7.90. The fourth-order valence-electron chi connectivity index (χ4n) is 2.77. The van der Waals surface area contributed by atoms with E-state index in [0.717, 1.165) is 6.42 Å². The van der Waals surface area contributed by atoms with Crippen LogP contribution in [0.5, 0.6) is 0 Å². The summed E-state index contributed by atoms with van der Waals surface area (Å²) in [5, 5.41) is 11.6. The number of benzene rings is 1. The van der Waals surface area contributed by atoms with Crippen molar-refractivity contribution >= 4 is 17.8 Å². The van der Waals surface area contributed by atoms with Gasteiger partial charge >= 0.3 is 5.97 Å². The summed E-state index contributed by atoms with van der Waals surface area (Å²) in [5.41, 5.74) is 0.602. The van der Waals surface area contributed by atoms with Crippen molar-refractivity contribution in [3.05, 3.63) is 35.9 Å². The fraction of sp³-hybridized carbons (Fsp3) is 0.471. The summed E-state index contributed by atoms with van der Waals surface area (Å²) < 4.78 is 0. The predicted octanol–water partition coefficient (Wildman–Crippen LogP) is 1.52. The quantitative estimate of drug-likeness (QED) is 0.862. The Balaban J connectivity index is 1.99. The topological polar surface area (TPSA) is 86.7 Å². The molecule has 2 rings (SSSR count). The highest BCUT2D eigenvalue weighted by molar-refractivity contribution is 5.94. The maximum absolute atomic E-state index is 12.5. The van der Waals surface area contributed by atoms with Crippen LogP contribution in [0.4, 0.5) is 0 Å². The van der Waals surface area contributed by atoms with E-state index in [1.165, 1.54) is 0 Å². The predicted molar refractivity (Wildman–Crippen MR) is 84.9 cm³/mol. The van der Waals surface area contributed by atoms with Crippen LogP contribution < -0.4 is 5.32 Å². The molecular formula is C17H22N2O4. The van der Waals surface area contributed by atoms with Crippen LogP contribution in [0, 0.1) is 5.92 Å². The second-order valence-electron chi connectivity index (χ2n) is 5.76. The minimum absolute atomic E-state index is 0.0895. The van der Waals surface area contributed by atoms with Gasteiger partial charge in [-0.1, -0.05) is 25.1 Å². The Morgan fingerprint density at radius 3 is 2.61 bits per heavy atom. The van der Waals surface area contributed by atoms with E-state index < -0.39 is 12.0 Å². The number of hydrogen-bond acceptors (Lipinski definition) is 3. The van der Waals surface area contributed by atoms with Gasteiger partial charge in [0, 0.05) is 18.7 Å². The van der Waals surface area contributed by atoms with Crippen molar-refractivity contribution < 1.29 is 19.5 Å². The van der Waals surface area contributed by atoms with Gasteiger partial charge in [-0.05, 0) is 31.4 Å². The van der Waals surface area contributed by atoms with Gasteiger partial charge in [0.2, 0.25) is 5.91 Å². The molecule has 0 bridgehead atoms. The molecule has 2 atom stereocenters. The zero-order valence-electron chi connectivity index (χ0n) is 13.2. The number of aliphatic carboxylic acids is 1. The van der Waals surface area contributed by atoms with E-state index in [2.05, 4.69) is 5.32 Å². The Kier molecular flexibility index (Phi) is 5.73. The minimum atomic E-state index is -1.03.